The normalized spacial score (nSPS) is 11.9. The number of hydrogen-bond donors (Lipinski definition) is 0. The third-order valence-corrected chi connectivity index (χ3v) is 5.24. The minimum atomic E-state index is -4.68. The molecule has 0 bridgehead atoms. The number of aryl methyl sites for hydroxylation is 1. The van der Waals surface area contributed by atoms with Crippen molar-refractivity contribution in [3.05, 3.63) is 71.8 Å². The second-order valence-corrected chi connectivity index (χ2v) is 7.50. The van der Waals surface area contributed by atoms with Gasteiger partial charge in [-0.25, -0.2) is 8.42 Å². The van der Waals surface area contributed by atoms with Crippen LogP contribution in [0.4, 0.5) is 18.9 Å². The molecule has 0 aliphatic rings. The van der Waals surface area contributed by atoms with Crippen LogP contribution in [0.15, 0.2) is 65.6 Å². The van der Waals surface area contributed by atoms with Crippen LogP contribution in [0, 0.1) is 6.92 Å². The van der Waals surface area contributed by atoms with E-state index in [-0.39, 0.29) is 10.5 Å². The topological polar surface area (TPSA) is 54.5 Å². The quantitative estimate of drug-likeness (QED) is 0.740. The van der Waals surface area contributed by atoms with Crippen molar-refractivity contribution in [3.63, 3.8) is 0 Å². The molecule has 138 valence electrons. The summed E-state index contributed by atoms with van der Waals surface area (Å²) < 4.78 is 65.2. The summed E-state index contributed by atoms with van der Waals surface area (Å²) in [6.07, 6.45) is -4.68. The van der Waals surface area contributed by atoms with Crippen LogP contribution in [0.25, 0.3) is 0 Å². The molecule has 0 saturated heterocycles. The number of nitrogens with zero attached hydrogens (tertiary/aromatic N) is 1. The lowest BCUT2D eigenvalue weighted by Crippen LogP contribution is -2.37. The second-order valence-electron chi connectivity index (χ2n) is 5.72. The highest BCUT2D eigenvalue weighted by molar-refractivity contribution is 7.93. The van der Waals surface area contributed by atoms with Gasteiger partial charge in [0.25, 0.3) is 15.9 Å². The molecule has 1 amide bonds. The maximum atomic E-state index is 13.0. The Kier molecular flexibility index (Phi) is 5.27. The molecular weight excluding hydrogens is 367 g/mol. The van der Waals surface area contributed by atoms with Gasteiger partial charge in [-0.05, 0) is 44.2 Å². The Morgan fingerprint density at radius 2 is 1.65 bits per heavy atom. The van der Waals surface area contributed by atoms with Crippen LogP contribution in [0.3, 0.4) is 0 Å². The molecule has 8 heteroatoms. The molecule has 0 heterocycles. The number of carbonyl (C=O) groups is 1. The summed E-state index contributed by atoms with van der Waals surface area (Å²) in [7, 11) is -4.42. The molecule has 0 spiro atoms. The van der Waals surface area contributed by atoms with Crippen molar-refractivity contribution in [1.29, 1.82) is 0 Å². The first-order valence-electron chi connectivity index (χ1n) is 7.43. The average Bonchev–Trinajstić information content (AvgIpc) is 2.54. The van der Waals surface area contributed by atoms with Crippen LogP contribution < -0.4 is 4.31 Å². The van der Waals surface area contributed by atoms with Crippen LogP contribution in [-0.4, -0.2) is 14.3 Å². The molecular formula is C18H16F3NO3S. The SMILES string of the molecule is C=C(C)C(=O)N(c1cccc(C(F)(F)F)c1)S(=O)(=O)c1ccc(C)cc1. The monoisotopic (exact) mass is 383 g/mol. The smallest absolute Gasteiger partial charge is 0.268 e. The Morgan fingerprint density at radius 3 is 2.15 bits per heavy atom. The molecule has 0 radical (unpaired) electrons. The summed E-state index contributed by atoms with van der Waals surface area (Å²) >= 11 is 0. The summed E-state index contributed by atoms with van der Waals surface area (Å²) in [5, 5.41) is 0. The number of halogens is 3. The van der Waals surface area contributed by atoms with Gasteiger partial charge in [-0.1, -0.05) is 30.3 Å². The van der Waals surface area contributed by atoms with E-state index in [0.29, 0.717) is 10.4 Å². The van der Waals surface area contributed by atoms with Crippen molar-refractivity contribution < 1.29 is 26.4 Å². The van der Waals surface area contributed by atoms with Gasteiger partial charge in [-0.15, -0.1) is 0 Å². The van der Waals surface area contributed by atoms with Gasteiger partial charge in [0.1, 0.15) is 0 Å². The van der Waals surface area contributed by atoms with E-state index >= 15 is 0 Å². The lowest BCUT2D eigenvalue weighted by Gasteiger charge is -2.23. The largest absolute Gasteiger partial charge is 0.416 e. The zero-order valence-electron chi connectivity index (χ0n) is 14.0. The lowest BCUT2D eigenvalue weighted by molar-refractivity contribution is -0.137. The predicted octanol–water partition coefficient (Wildman–Crippen LogP) is 4.31. The highest BCUT2D eigenvalue weighted by Crippen LogP contribution is 2.33. The Morgan fingerprint density at radius 1 is 1.08 bits per heavy atom. The lowest BCUT2D eigenvalue weighted by atomic mass is 10.2. The Balaban J connectivity index is 2.67. The number of hydrogen-bond acceptors (Lipinski definition) is 3. The van der Waals surface area contributed by atoms with Crippen molar-refractivity contribution in [3.8, 4) is 0 Å². The zero-order valence-corrected chi connectivity index (χ0v) is 14.9. The summed E-state index contributed by atoms with van der Waals surface area (Å²) in [6, 6.07) is 9.22. The summed E-state index contributed by atoms with van der Waals surface area (Å²) in [4.78, 5) is 12.2. The van der Waals surface area contributed by atoms with Crippen LogP contribution in [-0.2, 0) is 21.0 Å². The second kappa shape index (κ2) is 6.95. The third-order valence-electron chi connectivity index (χ3n) is 3.52. The minimum absolute atomic E-state index is 0.127. The van der Waals surface area contributed by atoms with Gasteiger partial charge in [-0.3, -0.25) is 4.79 Å². The standard InChI is InChI=1S/C18H16F3NO3S/c1-12(2)17(23)22(15-6-4-5-14(11-15)18(19,20)21)26(24,25)16-9-7-13(3)8-10-16/h4-11H,1H2,2-3H3. The first kappa shape index (κ1) is 19.7. The van der Waals surface area contributed by atoms with Gasteiger partial charge in [-0.2, -0.15) is 17.5 Å². The van der Waals surface area contributed by atoms with Crippen molar-refractivity contribution in [2.75, 3.05) is 4.31 Å². The number of carbonyl (C=O) groups excluding carboxylic acids is 1. The Hall–Kier alpha value is -2.61. The van der Waals surface area contributed by atoms with E-state index < -0.39 is 33.4 Å². The zero-order chi connectivity index (χ0) is 19.7. The van der Waals surface area contributed by atoms with Gasteiger partial charge < -0.3 is 0 Å². The van der Waals surface area contributed by atoms with E-state index in [0.717, 1.165) is 23.8 Å². The maximum Gasteiger partial charge on any atom is 0.416 e. The van der Waals surface area contributed by atoms with E-state index in [9.17, 15) is 26.4 Å². The fourth-order valence-electron chi connectivity index (χ4n) is 2.16. The summed E-state index contributed by atoms with van der Waals surface area (Å²) in [5.41, 5.74) is -0.805. The van der Waals surface area contributed by atoms with Crippen molar-refractivity contribution in [2.24, 2.45) is 0 Å². The maximum absolute atomic E-state index is 13.0. The fraction of sp³-hybridized carbons (Fsp3) is 0.167. The van der Waals surface area contributed by atoms with Crippen molar-refractivity contribution >= 4 is 21.6 Å². The van der Waals surface area contributed by atoms with Gasteiger partial charge in [0, 0.05) is 5.57 Å². The van der Waals surface area contributed by atoms with E-state index in [1.54, 1.807) is 6.92 Å². The van der Waals surface area contributed by atoms with Gasteiger partial charge >= 0.3 is 6.18 Å². The molecule has 2 rings (SSSR count). The number of alkyl halides is 3. The van der Waals surface area contributed by atoms with Crippen LogP contribution in [0.5, 0.6) is 0 Å². The molecule has 2 aromatic rings. The van der Waals surface area contributed by atoms with Crippen LogP contribution in [0.2, 0.25) is 0 Å². The fourth-order valence-corrected chi connectivity index (χ4v) is 3.62. The molecule has 0 aliphatic carbocycles. The molecule has 0 aliphatic heterocycles. The van der Waals surface area contributed by atoms with Gasteiger partial charge in [0.15, 0.2) is 0 Å². The predicted molar refractivity (Wildman–Crippen MR) is 92.1 cm³/mol. The first-order valence-corrected chi connectivity index (χ1v) is 8.87. The Labute approximate surface area is 149 Å². The molecule has 0 N–H and O–H groups in total. The van der Waals surface area contributed by atoms with Crippen LogP contribution in [0.1, 0.15) is 18.1 Å². The number of benzene rings is 2. The van der Waals surface area contributed by atoms with E-state index in [2.05, 4.69) is 6.58 Å². The van der Waals surface area contributed by atoms with Crippen molar-refractivity contribution in [1.82, 2.24) is 0 Å². The number of anilines is 1. The highest BCUT2D eigenvalue weighted by Gasteiger charge is 2.35. The number of sulfonamides is 1. The first-order chi connectivity index (χ1) is 11.9. The van der Waals surface area contributed by atoms with E-state index in [1.165, 1.54) is 31.2 Å². The molecule has 4 nitrogen and oxygen atoms in total. The van der Waals surface area contributed by atoms with E-state index in [1.807, 2.05) is 0 Å². The molecule has 0 aromatic heterocycles. The molecule has 0 saturated carbocycles. The average molecular weight is 383 g/mol. The molecule has 26 heavy (non-hydrogen) atoms. The van der Waals surface area contributed by atoms with Gasteiger partial charge in [0.2, 0.25) is 0 Å². The number of amides is 1. The Bertz CT molecular complexity index is 948. The molecule has 0 fully saturated rings. The highest BCUT2D eigenvalue weighted by atomic mass is 32.2. The van der Waals surface area contributed by atoms with E-state index in [4.69, 9.17) is 0 Å². The third kappa shape index (κ3) is 3.96. The summed E-state index contributed by atoms with van der Waals surface area (Å²) in [6.45, 7) is 6.45. The number of rotatable bonds is 4. The van der Waals surface area contributed by atoms with Gasteiger partial charge in [0.05, 0.1) is 16.1 Å². The molecule has 2 aromatic carbocycles. The molecule has 0 unspecified atom stereocenters. The minimum Gasteiger partial charge on any atom is -0.268 e. The molecule has 0 atom stereocenters. The van der Waals surface area contributed by atoms with Crippen molar-refractivity contribution in [2.45, 2.75) is 24.9 Å². The summed E-state index contributed by atoms with van der Waals surface area (Å²) in [5.74, 6) is -1.01. The van der Waals surface area contributed by atoms with Crippen LogP contribution >= 0.6 is 0 Å².